The van der Waals surface area contributed by atoms with Gasteiger partial charge in [-0.2, -0.15) is 0 Å². The zero-order chi connectivity index (χ0) is 17.0. The summed E-state index contributed by atoms with van der Waals surface area (Å²) in [6.07, 6.45) is 5.41. The standard InChI is InChI=1S/C17H23N3O3S/c1-2-24(21,22)10-9-19-12-15-5-4-8-20(15)14-17(13-19)23-16-6-3-7-18-11-16/h3-8,11,17H,2,9-10,12-14H2,1H3/t17-/m1/s1. The molecule has 24 heavy (non-hydrogen) atoms. The molecule has 0 aromatic carbocycles. The van der Waals surface area contributed by atoms with Gasteiger partial charge < -0.3 is 9.30 Å². The van der Waals surface area contributed by atoms with Crippen LogP contribution in [0.4, 0.5) is 0 Å². The fraction of sp³-hybridized carbons (Fsp3) is 0.471. The molecule has 0 fully saturated rings. The van der Waals surface area contributed by atoms with Crippen LogP contribution in [0.15, 0.2) is 42.9 Å². The van der Waals surface area contributed by atoms with Crippen molar-refractivity contribution in [2.24, 2.45) is 0 Å². The molecule has 3 rings (SSSR count). The first-order valence-corrected chi connectivity index (χ1v) is 10.0. The molecule has 0 spiro atoms. The van der Waals surface area contributed by atoms with Gasteiger partial charge >= 0.3 is 0 Å². The molecular formula is C17H23N3O3S. The van der Waals surface area contributed by atoms with Crippen LogP contribution in [0.3, 0.4) is 0 Å². The maximum Gasteiger partial charge on any atom is 0.151 e. The van der Waals surface area contributed by atoms with Gasteiger partial charge in [0.15, 0.2) is 9.84 Å². The molecular weight excluding hydrogens is 326 g/mol. The first-order valence-electron chi connectivity index (χ1n) is 8.19. The Labute approximate surface area is 143 Å². The fourth-order valence-electron chi connectivity index (χ4n) is 2.90. The van der Waals surface area contributed by atoms with Crippen molar-refractivity contribution in [3.8, 4) is 5.75 Å². The van der Waals surface area contributed by atoms with Crippen LogP contribution in [0, 0.1) is 0 Å². The van der Waals surface area contributed by atoms with Crippen LogP contribution in [0.1, 0.15) is 12.6 Å². The van der Waals surface area contributed by atoms with Crippen LogP contribution >= 0.6 is 0 Å². The van der Waals surface area contributed by atoms with Gasteiger partial charge in [-0.1, -0.05) is 6.92 Å². The third-order valence-electron chi connectivity index (χ3n) is 4.27. The summed E-state index contributed by atoms with van der Waals surface area (Å²) in [5, 5.41) is 0. The highest BCUT2D eigenvalue weighted by molar-refractivity contribution is 7.91. The van der Waals surface area contributed by atoms with E-state index in [1.54, 1.807) is 19.3 Å². The maximum atomic E-state index is 11.8. The minimum absolute atomic E-state index is 0.0489. The zero-order valence-electron chi connectivity index (χ0n) is 13.8. The van der Waals surface area contributed by atoms with Crippen molar-refractivity contribution in [3.63, 3.8) is 0 Å². The van der Waals surface area contributed by atoms with Gasteiger partial charge in [0.25, 0.3) is 0 Å². The van der Waals surface area contributed by atoms with E-state index in [1.165, 1.54) is 5.69 Å². The third-order valence-corrected chi connectivity index (χ3v) is 5.95. The van der Waals surface area contributed by atoms with E-state index in [1.807, 2.05) is 24.4 Å². The SMILES string of the molecule is CCS(=O)(=O)CCN1Cc2cccn2C[C@H](Oc2cccnc2)C1. The average Bonchev–Trinajstić information content (AvgIpc) is 2.93. The zero-order valence-corrected chi connectivity index (χ0v) is 14.7. The van der Waals surface area contributed by atoms with Crippen LogP contribution in [0.25, 0.3) is 0 Å². The summed E-state index contributed by atoms with van der Waals surface area (Å²) in [5.74, 6) is 1.11. The van der Waals surface area contributed by atoms with E-state index in [9.17, 15) is 8.42 Å². The summed E-state index contributed by atoms with van der Waals surface area (Å²) in [6, 6.07) is 7.83. The molecule has 0 amide bonds. The van der Waals surface area contributed by atoms with Crippen molar-refractivity contribution in [2.45, 2.75) is 26.1 Å². The predicted octanol–water partition coefficient (Wildman–Crippen LogP) is 1.58. The lowest BCUT2D eigenvalue weighted by molar-refractivity contribution is 0.131. The molecule has 2 aromatic heterocycles. The van der Waals surface area contributed by atoms with Crippen molar-refractivity contribution in [2.75, 3.05) is 24.6 Å². The van der Waals surface area contributed by atoms with Crippen molar-refractivity contribution in [1.82, 2.24) is 14.5 Å². The number of fused-ring (bicyclic) bond motifs is 1. The summed E-state index contributed by atoms with van der Waals surface area (Å²) in [7, 11) is -2.97. The number of hydrogen-bond acceptors (Lipinski definition) is 5. The largest absolute Gasteiger partial charge is 0.486 e. The normalized spacial score (nSPS) is 18.8. The van der Waals surface area contributed by atoms with Crippen molar-refractivity contribution in [1.29, 1.82) is 0 Å². The number of aromatic nitrogens is 2. The monoisotopic (exact) mass is 349 g/mol. The number of rotatable bonds is 6. The predicted molar refractivity (Wildman–Crippen MR) is 92.7 cm³/mol. The first kappa shape index (κ1) is 17.0. The summed E-state index contributed by atoms with van der Waals surface area (Å²) in [6.45, 7) is 4.38. The highest BCUT2D eigenvalue weighted by Crippen LogP contribution is 2.18. The Bertz CT molecular complexity index is 758. The Morgan fingerprint density at radius 2 is 2.17 bits per heavy atom. The van der Waals surface area contributed by atoms with Crippen molar-refractivity contribution >= 4 is 9.84 Å². The van der Waals surface area contributed by atoms with E-state index in [0.29, 0.717) is 13.1 Å². The summed E-state index contributed by atoms with van der Waals surface area (Å²) < 4.78 is 31.9. The van der Waals surface area contributed by atoms with Crippen molar-refractivity contribution < 1.29 is 13.2 Å². The Morgan fingerprint density at radius 1 is 1.29 bits per heavy atom. The van der Waals surface area contributed by atoms with Gasteiger partial charge in [-0.25, -0.2) is 8.42 Å². The summed E-state index contributed by atoms with van der Waals surface area (Å²) in [5.41, 5.74) is 1.18. The number of sulfone groups is 1. The molecule has 2 aromatic rings. The van der Waals surface area contributed by atoms with Gasteiger partial charge in [0.1, 0.15) is 11.9 Å². The molecule has 1 atom stereocenters. The van der Waals surface area contributed by atoms with Crippen LogP contribution in [-0.4, -0.2) is 53.6 Å². The van der Waals surface area contributed by atoms with Gasteiger partial charge in [-0.05, 0) is 24.3 Å². The molecule has 0 saturated carbocycles. The highest BCUT2D eigenvalue weighted by Gasteiger charge is 2.24. The van der Waals surface area contributed by atoms with E-state index >= 15 is 0 Å². The molecule has 0 bridgehead atoms. The second-order valence-electron chi connectivity index (χ2n) is 6.05. The Balaban J connectivity index is 1.73. The van der Waals surface area contributed by atoms with Gasteiger partial charge in [0, 0.05) is 43.5 Å². The van der Waals surface area contributed by atoms with Gasteiger partial charge in [0.2, 0.25) is 0 Å². The number of hydrogen-bond donors (Lipinski definition) is 0. The average molecular weight is 349 g/mol. The molecule has 130 valence electrons. The molecule has 1 aliphatic rings. The third kappa shape index (κ3) is 4.36. The van der Waals surface area contributed by atoms with Crippen LogP contribution in [0.5, 0.6) is 5.75 Å². The van der Waals surface area contributed by atoms with Gasteiger partial charge in [-0.3, -0.25) is 9.88 Å². The number of pyridine rings is 1. The molecule has 0 aliphatic carbocycles. The van der Waals surface area contributed by atoms with E-state index < -0.39 is 9.84 Å². The molecule has 7 heteroatoms. The second-order valence-corrected chi connectivity index (χ2v) is 8.52. The fourth-order valence-corrected chi connectivity index (χ4v) is 3.72. The molecule has 6 nitrogen and oxygen atoms in total. The lowest BCUT2D eigenvalue weighted by Gasteiger charge is -2.24. The van der Waals surface area contributed by atoms with Crippen LogP contribution < -0.4 is 4.74 Å². The van der Waals surface area contributed by atoms with Crippen LogP contribution in [0.2, 0.25) is 0 Å². The summed E-state index contributed by atoms with van der Waals surface area (Å²) in [4.78, 5) is 6.24. The number of ether oxygens (including phenoxy) is 1. The number of nitrogens with zero attached hydrogens (tertiary/aromatic N) is 3. The van der Waals surface area contributed by atoms with Crippen LogP contribution in [-0.2, 0) is 22.9 Å². The molecule has 1 aliphatic heterocycles. The van der Waals surface area contributed by atoms with Crippen molar-refractivity contribution in [3.05, 3.63) is 48.5 Å². The minimum Gasteiger partial charge on any atom is -0.486 e. The smallest absolute Gasteiger partial charge is 0.151 e. The van der Waals surface area contributed by atoms with E-state index in [-0.39, 0.29) is 17.6 Å². The molecule has 0 radical (unpaired) electrons. The molecule has 0 N–H and O–H groups in total. The lowest BCUT2D eigenvalue weighted by atomic mass is 10.3. The molecule has 3 heterocycles. The van der Waals surface area contributed by atoms with Gasteiger partial charge in [-0.15, -0.1) is 0 Å². The van der Waals surface area contributed by atoms with Gasteiger partial charge in [0.05, 0.1) is 18.5 Å². The maximum absolute atomic E-state index is 11.8. The van der Waals surface area contributed by atoms with E-state index in [4.69, 9.17) is 4.74 Å². The topological polar surface area (TPSA) is 64.4 Å². The summed E-state index contributed by atoms with van der Waals surface area (Å²) >= 11 is 0. The quantitative estimate of drug-likeness (QED) is 0.792. The Morgan fingerprint density at radius 3 is 2.92 bits per heavy atom. The molecule has 0 unspecified atom stereocenters. The second kappa shape index (κ2) is 7.36. The Kier molecular flexibility index (Phi) is 5.20. The lowest BCUT2D eigenvalue weighted by Crippen LogP contribution is -2.37. The highest BCUT2D eigenvalue weighted by atomic mass is 32.2. The first-order chi connectivity index (χ1) is 11.6. The molecule has 0 saturated heterocycles. The Hall–Kier alpha value is -1.86. The minimum atomic E-state index is -2.97. The van der Waals surface area contributed by atoms with E-state index in [2.05, 4.69) is 20.5 Å². The van der Waals surface area contributed by atoms with E-state index in [0.717, 1.165) is 18.8 Å².